The van der Waals surface area contributed by atoms with E-state index < -0.39 is 0 Å². The molecule has 3 heterocycles. The van der Waals surface area contributed by atoms with Crippen LogP contribution in [0.4, 0.5) is 5.82 Å². The van der Waals surface area contributed by atoms with Gasteiger partial charge in [-0.05, 0) is 44.4 Å². The second-order valence-corrected chi connectivity index (χ2v) is 8.89. The molecule has 10 heteroatoms. The summed E-state index contributed by atoms with van der Waals surface area (Å²) in [6, 6.07) is 6.94. The first-order chi connectivity index (χ1) is 18.5. The molecular weight excluding hydrogens is 482 g/mol. The van der Waals surface area contributed by atoms with Gasteiger partial charge in [-0.1, -0.05) is 24.3 Å². The summed E-state index contributed by atoms with van der Waals surface area (Å²) in [6.45, 7) is 2.88. The van der Waals surface area contributed by atoms with Gasteiger partial charge in [0.05, 0.1) is 12.6 Å². The van der Waals surface area contributed by atoms with E-state index in [9.17, 15) is 9.59 Å². The van der Waals surface area contributed by atoms with Gasteiger partial charge in [0, 0.05) is 50.3 Å². The Morgan fingerprint density at radius 3 is 2.74 bits per heavy atom. The van der Waals surface area contributed by atoms with Crippen LogP contribution in [0.3, 0.4) is 0 Å². The topological polar surface area (TPSA) is 127 Å². The summed E-state index contributed by atoms with van der Waals surface area (Å²) in [5.74, 6) is 1.22. The van der Waals surface area contributed by atoms with E-state index in [1.807, 2.05) is 40.6 Å². The van der Waals surface area contributed by atoms with Crippen molar-refractivity contribution in [2.75, 3.05) is 33.0 Å². The maximum absolute atomic E-state index is 13.0. The van der Waals surface area contributed by atoms with Crippen LogP contribution in [0.5, 0.6) is 0 Å². The van der Waals surface area contributed by atoms with Crippen molar-refractivity contribution in [1.82, 2.24) is 24.6 Å². The van der Waals surface area contributed by atoms with Gasteiger partial charge in [-0.15, -0.1) is 0 Å². The molecule has 1 aliphatic rings. The van der Waals surface area contributed by atoms with Crippen molar-refractivity contribution < 1.29 is 14.3 Å². The smallest absolute Gasteiger partial charge is 0.256 e. The zero-order chi connectivity index (χ0) is 27.1. The van der Waals surface area contributed by atoms with Crippen LogP contribution in [0.1, 0.15) is 48.4 Å². The molecule has 1 saturated heterocycles. The summed E-state index contributed by atoms with van der Waals surface area (Å²) in [5, 5.41) is 2.79. The van der Waals surface area contributed by atoms with E-state index in [-0.39, 0.29) is 17.9 Å². The van der Waals surface area contributed by atoms with Crippen LogP contribution in [0.15, 0.2) is 66.0 Å². The molecule has 1 aromatic carbocycles. The fourth-order valence-electron chi connectivity index (χ4n) is 4.63. The molecule has 0 saturated carbocycles. The second-order valence-electron chi connectivity index (χ2n) is 8.89. The molecule has 0 aliphatic carbocycles. The Hall–Kier alpha value is -4.31. The summed E-state index contributed by atoms with van der Waals surface area (Å²) in [7, 11) is 3.21. The standard InChI is InChI=1S/C28H33N7O3/c1-4-8-22(30-2)32-28(37)20-13-11-19(12-14-20)24-25-26(29)31-15-17-35(25)27(33-24)21-9-5-6-16-34(21)23(36)10-7-18-38-3/h4,7-8,10-15,17,21H,5-6,9,16,18H2,1-3H3,(H2,29,31)(H,30,32,37)/b8-4-,10-7+/t21-/m0/s1. The first-order valence-electron chi connectivity index (χ1n) is 12.6. The van der Waals surface area contributed by atoms with E-state index in [2.05, 4.69) is 15.3 Å². The molecule has 0 unspecified atom stereocenters. The Morgan fingerprint density at radius 2 is 2.03 bits per heavy atom. The van der Waals surface area contributed by atoms with Crippen molar-refractivity contribution in [1.29, 1.82) is 0 Å². The molecule has 3 N–H and O–H groups in total. The van der Waals surface area contributed by atoms with E-state index in [1.54, 1.807) is 50.7 Å². The first-order valence-corrected chi connectivity index (χ1v) is 12.6. The molecule has 10 nitrogen and oxygen atoms in total. The summed E-state index contributed by atoms with van der Waals surface area (Å²) in [4.78, 5) is 40.9. The van der Waals surface area contributed by atoms with Crippen LogP contribution in [-0.2, 0) is 9.53 Å². The highest BCUT2D eigenvalue weighted by Gasteiger charge is 2.31. The van der Waals surface area contributed by atoms with Crippen LogP contribution in [0, 0.1) is 0 Å². The predicted octanol–water partition coefficient (Wildman–Crippen LogP) is 3.57. The van der Waals surface area contributed by atoms with Crippen molar-refractivity contribution in [3.63, 3.8) is 0 Å². The van der Waals surface area contributed by atoms with Crippen LogP contribution < -0.4 is 11.1 Å². The van der Waals surface area contributed by atoms with E-state index in [0.717, 1.165) is 30.7 Å². The van der Waals surface area contributed by atoms with Gasteiger partial charge < -0.3 is 20.7 Å². The number of amides is 2. The average molecular weight is 516 g/mol. The number of hydrogen-bond acceptors (Lipinski definition) is 7. The Kier molecular flexibility index (Phi) is 8.65. The highest BCUT2D eigenvalue weighted by Crippen LogP contribution is 2.36. The number of benzene rings is 1. The molecule has 0 spiro atoms. The Balaban J connectivity index is 1.70. The lowest BCUT2D eigenvalue weighted by molar-refractivity contribution is -0.130. The molecule has 2 amide bonds. The number of aromatic nitrogens is 3. The van der Waals surface area contributed by atoms with Crippen LogP contribution in [0.2, 0.25) is 0 Å². The normalized spacial score (nSPS) is 16.6. The number of fused-ring (bicyclic) bond motifs is 1. The van der Waals surface area contributed by atoms with Gasteiger partial charge in [-0.2, -0.15) is 0 Å². The Morgan fingerprint density at radius 1 is 1.24 bits per heavy atom. The summed E-state index contributed by atoms with van der Waals surface area (Å²) in [6.07, 6.45) is 13.0. The molecule has 2 aromatic heterocycles. The molecule has 3 aromatic rings. The van der Waals surface area contributed by atoms with Crippen molar-refractivity contribution in [2.24, 2.45) is 4.99 Å². The number of aliphatic imine (C=N–C) groups is 1. The lowest BCUT2D eigenvalue weighted by Crippen LogP contribution is -2.38. The molecule has 0 radical (unpaired) electrons. The van der Waals surface area contributed by atoms with E-state index in [0.29, 0.717) is 41.6 Å². The van der Waals surface area contributed by atoms with Gasteiger partial charge in [0.15, 0.2) is 0 Å². The van der Waals surface area contributed by atoms with Gasteiger partial charge in [-0.25, -0.2) is 9.97 Å². The monoisotopic (exact) mass is 515 g/mol. The number of anilines is 1. The van der Waals surface area contributed by atoms with E-state index >= 15 is 0 Å². The zero-order valence-electron chi connectivity index (χ0n) is 21.9. The molecule has 4 rings (SSSR count). The number of nitrogens with zero attached hydrogens (tertiary/aromatic N) is 5. The molecular formula is C28H33N7O3. The number of likely N-dealkylation sites (tertiary alicyclic amines) is 1. The Labute approximate surface area is 221 Å². The minimum atomic E-state index is -0.260. The number of piperidine rings is 1. The lowest BCUT2D eigenvalue weighted by Gasteiger charge is -2.34. The number of carbonyl (C=O) groups excluding carboxylic acids is 2. The second kappa shape index (κ2) is 12.3. The number of imidazole rings is 1. The molecule has 198 valence electrons. The number of nitrogen functional groups attached to an aromatic ring is 1. The van der Waals surface area contributed by atoms with E-state index in [4.69, 9.17) is 15.5 Å². The number of allylic oxidation sites excluding steroid dienone is 1. The predicted molar refractivity (Wildman–Crippen MR) is 148 cm³/mol. The zero-order valence-corrected chi connectivity index (χ0v) is 21.9. The molecule has 1 aliphatic heterocycles. The van der Waals surface area contributed by atoms with Gasteiger partial charge in [0.1, 0.15) is 28.7 Å². The third kappa shape index (κ3) is 5.65. The largest absolute Gasteiger partial charge is 0.382 e. The fraction of sp³-hybridized carbons (Fsp3) is 0.321. The molecule has 38 heavy (non-hydrogen) atoms. The Bertz CT molecular complexity index is 1390. The van der Waals surface area contributed by atoms with Gasteiger partial charge in [-0.3, -0.25) is 19.0 Å². The molecule has 0 bridgehead atoms. The quantitative estimate of drug-likeness (QED) is 0.281. The lowest BCUT2D eigenvalue weighted by atomic mass is 10.0. The van der Waals surface area contributed by atoms with Gasteiger partial charge in [0.25, 0.3) is 5.91 Å². The van der Waals surface area contributed by atoms with Crippen molar-refractivity contribution in [3.05, 3.63) is 72.4 Å². The van der Waals surface area contributed by atoms with Gasteiger partial charge >= 0.3 is 0 Å². The number of methoxy groups -OCH3 is 1. The number of amidine groups is 1. The van der Waals surface area contributed by atoms with Crippen LogP contribution in [0.25, 0.3) is 16.8 Å². The van der Waals surface area contributed by atoms with Crippen molar-refractivity contribution >= 4 is 29.0 Å². The van der Waals surface area contributed by atoms with Crippen molar-refractivity contribution in [3.8, 4) is 11.3 Å². The summed E-state index contributed by atoms with van der Waals surface area (Å²) < 4.78 is 6.97. The summed E-state index contributed by atoms with van der Waals surface area (Å²) in [5.41, 5.74) is 8.92. The number of ether oxygens (including phenoxy) is 1. The van der Waals surface area contributed by atoms with Crippen LogP contribution >= 0.6 is 0 Å². The highest BCUT2D eigenvalue weighted by atomic mass is 16.5. The SMILES string of the molecule is C/C=C\C(=NC)NC(=O)c1ccc(-c2nc([C@@H]3CCCCN3C(=O)/C=C/COC)n3ccnc(N)c23)cc1. The minimum Gasteiger partial charge on any atom is -0.382 e. The maximum atomic E-state index is 13.0. The average Bonchev–Trinajstić information content (AvgIpc) is 3.33. The van der Waals surface area contributed by atoms with Crippen molar-refractivity contribution in [2.45, 2.75) is 32.2 Å². The molecule has 1 fully saturated rings. The molecule has 1 atom stereocenters. The number of nitrogens with one attached hydrogen (secondary N) is 1. The van der Waals surface area contributed by atoms with E-state index in [1.165, 1.54) is 0 Å². The first kappa shape index (κ1) is 26.7. The number of carbonyl (C=O) groups is 2. The number of nitrogens with two attached hydrogens (primary N) is 1. The highest BCUT2D eigenvalue weighted by molar-refractivity contribution is 6.10. The maximum Gasteiger partial charge on any atom is 0.256 e. The fourth-order valence-corrected chi connectivity index (χ4v) is 4.63. The third-order valence-electron chi connectivity index (χ3n) is 6.45. The summed E-state index contributed by atoms with van der Waals surface area (Å²) >= 11 is 0. The number of hydrogen-bond donors (Lipinski definition) is 2. The third-order valence-corrected chi connectivity index (χ3v) is 6.45. The van der Waals surface area contributed by atoms with Gasteiger partial charge in [0.2, 0.25) is 5.91 Å². The minimum absolute atomic E-state index is 0.0738. The van der Waals surface area contributed by atoms with Crippen LogP contribution in [-0.4, -0.2) is 64.2 Å². The number of rotatable bonds is 7.